The molecule has 0 spiro atoms. The Morgan fingerprint density at radius 3 is 1.76 bits per heavy atom. The summed E-state index contributed by atoms with van der Waals surface area (Å²) in [6.45, 7) is 3.87. The molecule has 224 valence electrons. The van der Waals surface area contributed by atoms with E-state index < -0.39 is 5.97 Å². The highest BCUT2D eigenvalue weighted by Gasteiger charge is 2.20. The molecular formula is C32H42N6O4. The van der Waals surface area contributed by atoms with Crippen molar-refractivity contribution in [2.24, 2.45) is 0 Å². The molecule has 42 heavy (non-hydrogen) atoms. The number of carbonyl (C=O) groups excluding carboxylic acids is 1. The van der Waals surface area contributed by atoms with Gasteiger partial charge < -0.3 is 24.0 Å². The monoisotopic (exact) mass is 574 g/mol. The van der Waals surface area contributed by atoms with E-state index in [1.165, 1.54) is 0 Å². The topological polar surface area (TPSA) is 86.9 Å². The van der Waals surface area contributed by atoms with Crippen molar-refractivity contribution in [2.45, 2.75) is 32.5 Å². The summed E-state index contributed by atoms with van der Waals surface area (Å²) in [5.41, 5.74) is 3.18. The third kappa shape index (κ3) is 9.74. The standard InChI is InChI=1S/C32H42N6O4/c1-35(2)17-11-19-40-30-21-28(37(33-30)23-26-13-7-5-8-14-26)25-42-32(39)29-22-31(41-20-12-18-36(3)4)34-38(29)24-27-15-9-6-10-16-27/h5-10,13-16,21-22H,11-12,17-20,23-25H2,1-4H3. The lowest BCUT2D eigenvalue weighted by Crippen LogP contribution is -2.16. The Balaban J connectivity index is 1.47. The first-order valence-corrected chi connectivity index (χ1v) is 14.3. The lowest BCUT2D eigenvalue weighted by atomic mass is 10.2. The second kappa shape index (κ2) is 15.7. The van der Waals surface area contributed by atoms with Gasteiger partial charge in [0.05, 0.1) is 32.0 Å². The van der Waals surface area contributed by atoms with Crippen molar-refractivity contribution in [2.75, 3.05) is 54.5 Å². The van der Waals surface area contributed by atoms with Crippen LogP contribution in [0.25, 0.3) is 0 Å². The second-order valence-electron chi connectivity index (χ2n) is 10.7. The van der Waals surface area contributed by atoms with Crippen molar-refractivity contribution in [1.29, 1.82) is 0 Å². The van der Waals surface area contributed by atoms with Crippen LogP contribution < -0.4 is 9.47 Å². The fourth-order valence-corrected chi connectivity index (χ4v) is 4.34. The number of ether oxygens (including phenoxy) is 3. The molecule has 0 aliphatic rings. The maximum Gasteiger partial charge on any atom is 0.357 e. The second-order valence-corrected chi connectivity index (χ2v) is 10.7. The molecule has 4 rings (SSSR count). The van der Waals surface area contributed by atoms with Gasteiger partial charge in [0.1, 0.15) is 6.61 Å². The van der Waals surface area contributed by atoms with Crippen molar-refractivity contribution < 1.29 is 19.0 Å². The number of hydrogen-bond acceptors (Lipinski definition) is 8. The van der Waals surface area contributed by atoms with E-state index in [9.17, 15) is 4.79 Å². The van der Waals surface area contributed by atoms with E-state index in [4.69, 9.17) is 14.2 Å². The lowest BCUT2D eigenvalue weighted by molar-refractivity contribution is 0.0448. The number of rotatable bonds is 17. The molecule has 0 saturated heterocycles. The molecule has 0 bridgehead atoms. The molecule has 10 nitrogen and oxygen atoms in total. The highest BCUT2D eigenvalue weighted by molar-refractivity contribution is 5.88. The van der Waals surface area contributed by atoms with Crippen molar-refractivity contribution >= 4 is 5.97 Å². The summed E-state index contributed by atoms with van der Waals surface area (Å²) in [6, 6.07) is 23.4. The molecule has 2 aromatic heterocycles. The van der Waals surface area contributed by atoms with Gasteiger partial charge in [0.25, 0.3) is 0 Å². The molecule has 0 aliphatic heterocycles. The quantitative estimate of drug-likeness (QED) is 0.137. The van der Waals surface area contributed by atoms with Crippen LogP contribution in [0.5, 0.6) is 11.8 Å². The molecule has 0 radical (unpaired) electrons. The van der Waals surface area contributed by atoms with Gasteiger partial charge in [0.15, 0.2) is 5.69 Å². The van der Waals surface area contributed by atoms with E-state index in [0.717, 1.165) is 42.8 Å². The SMILES string of the molecule is CN(C)CCCOc1cc(COC(=O)c2cc(OCCCN(C)C)nn2Cc2ccccc2)n(Cc2ccccc2)n1. The van der Waals surface area contributed by atoms with Gasteiger partial charge in [-0.3, -0.25) is 4.68 Å². The Kier molecular flexibility index (Phi) is 11.5. The zero-order chi connectivity index (χ0) is 29.7. The zero-order valence-electron chi connectivity index (χ0n) is 25.1. The Morgan fingerprint density at radius 2 is 1.21 bits per heavy atom. The molecule has 0 atom stereocenters. The minimum absolute atomic E-state index is 0.0370. The Labute approximate surface area is 248 Å². The summed E-state index contributed by atoms with van der Waals surface area (Å²) >= 11 is 0. The minimum atomic E-state index is -0.484. The summed E-state index contributed by atoms with van der Waals surface area (Å²) in [5, 5.41) is 9.22. The van der Waals surface area contributed by atoms with E-state index in [1.54, 1.807) is 10.7 Å². The molecule has 4 aromatic rings. The first kappa shape index (κ1) is 30.8. The van der Waals surface area contributed by atoms with Gasteiger partial charge in [-0.2, -0.15) is 0 Å². The minimum Gasteiger partial charge on any atom is -0.477 e. The van der Waals surface area contributed by atoms with Crippen LogP contribution in [0.15, 0.2) is 72.8 Å². The summed E-state index contributed by atoms with van der Waals surface area (Å²) < 4.78 is 21.1. The number of aromatic nitrogens is 4. The van der Waals surface area contributed by atoms with E-state index in [2.05, 4.69) is 20.0 Å². The maximum absolute atomic E-state index is 13.4. The molecule has 0 aliphatic carbocycles. The van der Waals surface area contributed by atoms with Gasteiger partial charge in [0.2, 0.25) is 11.8 Å². The van der Waals surface area contributed by atoms with Gasteiger partial charge in [-0.1, -0.05) is 60.7 Å². The summed E-state index contributed by atoms with van der Waals surface area (Å²) in [4.78, 5) is 17.6. The Bertz CT molecular complexity index is 1370. The van der Waals surface area contributed by atoms with E-state index in [0.29, 0.717) is 43.8 Å². The molecule has 2 heterocycles. The van der Waals surface area contributed by atoms with Gasteiger partial charge in [-0.25, -0.2) is 9.48 Å². The largest absolute Gasteiger partial charge is 0.477 e. The predicted molar refractivity (Wildman–Crippen MR) is 162 cm³/mol. The molecule has 0 N–H and O–H groups in total. The van der Waals surface area contributed by atoms with Gasteiger partial charge in [-0.05, 0) is 52.2 Å². The van der Waals surface area contributed by atoms with Crippen LogP contribution in [0.4, 0.5) is 0 Å². The molecule has 0 saturated carbocycles. The molecule has 2 aromatic carbocycles. The number of hydrogen-bond donors (Lipinski definition) is 0. The molecule has 0 amide bonds. The van der Waals surface area contributed by atoms with Crippen LogP contribution in [-0.4, -0.2) is 89.8 Å². The highest BCUT2D eigenvalue weighted by Crippen LogP contribution is 2.19. The van der Waals surface area contributed by atoms with Crippen LogP contribution in [0, 0.1) is 0 Å². The van der Waals surface area contributed by atoms with Gasteiger partial charge in [0, 0.05) is 25.2 Å². The van der Waals surface area contributed by atoms with Crippen molar-refractivity contribution in [3.05, 3.63) is 95.3 Å². The average Bonchev–Trinajstić information content (AvgIpc) is 3.56. The van der Waals surface area contributed by atoms with E-state index >= 15 is 0 Å². The maximum atomic E-state index is 13.4. The number of esters is 1. The Hall–Kier alpha value is -4.15. The fourth-order valence-electron chi connectivity index (χ4n) is 4.34. The molecular weight excluding hydrogens is 532 g/mol. The van der Waals surface area contributed by atoms with Crippen LogP contribution in [-0.2, 0) is 24.4 Å². The summed E-state index contributed by atoms with van der Waals surface area (Å²) in [5.74, 6) is 0.430. The first-order valence-electron chi connectivity index (χ1n) is 14.3. The third-order valence-corrected chi connectivity index (χ3v) is 6.51. The molecule has 0 unspecified atom stereocenters. The Morgan fingerprint density at radius 1 is 0.714 bits per heavy atom. The van der Waals surface area contributed by atoms with E-state index in [-0.39, 0.29) is 6.61 Å². The smallest absolute Gasteiger partial charge is 0.357 e. The van der Waals surface area contributed by atoms with Crippen molar-refractivity contribution in [1.82, 2.24) is 29.4 Å². The summed E-state index contributed by atoms with van der Waals surface area (Å²) in [6.07, 6.45) is 1.73. The lowest BCUT2D eigenvalue weighted by Gasteiger charge is -2.10. The van der Waals surface area contributed by atoms with Crippen LogP contribution >= 0.6 is 0 Å². The fraction of sp³-hybridized carbons (Fsp3) is 0.406. The van der Waals surface area contributed by atoms with Crippen LogP contribution in [0.3, 0.4) is 0 Å². The normalized spacial score (nSPS) is 11.3. The highest BCUT2D eigenvalue weighted by atomic mass is 16.5. The zero-order valence-corrected chi connectivity index (χ0v) is 25.1. The number of nitrogens with zero attached hydrogens (tertiary/aromatic N) is 6. The number of carbonyl (C=O) groups is 1. The molecule has 10 heteroatoms. The van der Waals surface area contributed by atoms with Crippen molar-refractivity contribution in [3.63, 3.8) is 0 Å². The van der Waals surface area contributed by atoms with Crippen LogP contribution in [0.2, 0.25) is 0 Å². The van der Waals surface area contributed by atoms with Crippen molar-refractivity contribution in [3.8, 4) is 11.8 Å². The average molecular weight is 575 g/mol. The summed E-state index contributed by atoms with van der Waals surface area (Å²) in [7, 11) is 8.11. The molecule has 0 fully saturated rings. The number of benzene rings is 2. The first-order chi connectivity index (χ1) is 20.4. The van der Waals surface area contributed by atoms with Gasteiger partial charge >= 0.3 is 5.97 Å². The van der Waals surface area contributed by atoms with Gasteiger partial charge in [-0.15, -0.1) is 10.2 Å². The van der Waals surface area contributed by atoms with Crippen LogP contribution in [0.1, 0.15) is 40.2 Å². The third-order valence-electron chi connectivity index (χ3n) is 6.51. The predicted octanol–water partition coefficient (Wildman–Crippen LogP) is 4.19. The van der Waals surface area contributed by atoms with E-state index in [1.807, 2.05) is 99.6 Å².